The van der Waals surface area contributed by atoms with Gasteiger partial charge in [-0.25, -0.2) is 4.98 Å². The molecular formula is C17H20N4. The summed E-state index contributed by atoms with van der Waals surface area (Å²) >= 11 is 0. The van der Waals surface area contributed by atoms with Crippen molar-refractivity contribution in [3.8, 4) is 6.07 Å². The van der Waals surface area contributed by atoms with Gasteiger partial charge in [0.05, 0.1) is 11.5 Å². The smallest absolute Gasteiger partial charge is 0.106 e. The first-order valence-corrected chi connectivity index (χ1v) is 7.51. The fourth-order valence-electron chi connectivity index (χ4n) is 3.07. The van der Waals surface area contributed by atoms with E-state index in [1.165, 1.54) is 0 Å². The quantitative estimate of drug-likeness (QED) is 0.799. The van der Waals surface area contributed by atoms with E-state index in [4.69, 9.17) is 0 Å². The Morgan fingerprint density at radius 2 is 2.14 bits per heavy atom. The zero-order valence-electron chi connectivity index (χ0n) is 12.0. The summed E-state index contributed by atoms with van der Waals surface area (Å²) in [6.07, 6.45) is 7.50. The van der Waals surface area contributed by atoms with Crippen molar-refractivity contribution in [1.29, 1.82) is 5.26 Å². The van der Waals surface area contributed by atoms with E-state index in [2.05, 4.69) is 33.5 Å². The molecule has 0 spiro atoms. The van der Waals surface area contributed by atoms with E-state index in [-0.39, 0.29) is 5.41 Å². The average Bonchev–Trinajstić information content (AvgIpc) is 3.00. The average molecular weight is 280 g/mol. The first-order chi connectivity index (χ1) is 10.3. The highest BCUT2D eigenvalue weighted by molar-refractivity contribution is 5.36. The third-order valence-electron chi connectivity index (χ3n) is 4.31. The third-order valence-corrected chi connectivity index (χ3v) is 4.31. The van der Waals surface area contributed by atoms with Crippen LogP contribution in [0.15, 0.2) is 42.7 Å². The van der Waals surface area contributed by atoms with Crippen molar-refractivity contribution in [1.82, 2.24) is 15.3 Å². The molecule has 1 fully saturated rings. The molecule has 1 heterocycles. The molecule has 21 heavy (non-hydrogen) atoms. The number of nitrogens with one attached hydrogen (secondary N) is 2. The summed E-state index contributed by atoms with van der Waals surface area (Å²) < 4.78 is 0. The Kier molecular flexibility index (Phi) is 4.03. The Morgan fingerprint density at radius 3 is 2.81 bits per heavy atom. The summed E-state index contributed by atoms with van der Waals surface area (Å²) in [5.41, 5.74) is 0.876. The highest BCUT2D eigenvalue weighted by atomic mass is 14.9. The maximum Gasteiger partial charge on any atom is 0.106 e. The molecule has 3 rings (SSSR count). The first-order valence-electron chi connectivity index (χ1n) is 7.51. The van der Waals surface area contributed by atoms with Crippen LogP contribution in [0.1, 0.15) is 30.7 Å². The molecule has 1 aromatic carbocycles. The minimum Gasteiger partial charge on any atom is -0.349 e. The van der Waals surface area contributed by atoms with Gasteiger partial charge in [-0.05, 0) is 31.4 Å². The number of aromatic nitrogens is 2. The lowest BCUT2D eigenvalue weighted by Gasteiger charge is -2.43. The largest absolute Gasteiger partial charge is 0.349 e. The van der Waals surface area contributed by atoms with E-state index in [1.807, 2.05) is 24.4 Å². The zero-order valence-corrected chi connectivity index (χ0v) is 12.0. The first kappa shape index (κ1) is 13.8. The third kappa shape index (κ3) is 2.98. The second-order valence-corrected chi connectivity index (χ2v) is 5.76. The molecule has 2 N–H and O–H groups in total. The van der Waals surface area contributed by atoms with Crippen LogP contribution in [-0.4, -0.2) is 22.6 Å². The van der Waals surface area contributed by atoms with Gasteiger partial charge in [-0.1, -0.05) is 30.3 Å². The second kappa shape index (κ2) is 6.11. The van der Waals surface area contributed by atoms with Gasteiger partial charge >= 0.3 is 0 Å². The van der Waals surface area contributed by atoms with Gasteiger partial charge in [-0.2, -0.15) is 5.26 Å². The predicted molar refractivity (Wildman–Crippen MR) is 81.7 cm³/mol. The number of H-pyrrole nitrogens is 1. The lowest BCUT2D eigenvalue weighted by atomic mass is 9.62. The van der Waals surface area contributed by atoms with Gasteiger partial charge in [0.2, 0.25) is 0 Å². The maximum atomic E-state index is 9.51. The number of benzene rings is 1. The normalized spacial score (nSPS) is 24.2. The summed E-state index contributed by atoms with van der Waals surface area (Å²) in [6, 6.07) is 13.1. The van der Waals surface area contributed by atoms with Crippen LogP contribution in [-0.2, 0) is 11.8 Å². The molecule has 0 bridgehead atoms. The van der Waals surface area contributed by atoms with Crippen LogP contribution in [0.3, 0.4) is 0 Å². The number of nitrogens with zero attached hydrogens (tertiary/aromatic N) is 2. The van der Waals surface area contributed by atoms with E-state index in [0.717, 1.165) is 43.6 Å². The van der Waals surface area contributed by atoms with Gasteiger partial charge in [0.15, 0.2) is 0 Å². The fourth-order valence-corrected chi connectivity index (χ4v) is 3.07. The van der Waals surface area contributed by atoms with Crippen molar-refractivity contribution in [2.24, 2.45) is 0 Å². The van der Waals surface area contributed by atoms with Gasteiger partial charge in [0, 0.05) is 24.9 Å². The molecule has 4 heteroatoms. The number of hydrogen-bond acceptors (Lipinski definition) is 3. The Morgan fingerprint density at radius 1 is 1.33 bits per heavy atom. The van der Waals surface area contributed by atoms with Crippen molar-refractivity contribution in [3.05, 3.63) is 54.1 Å². The molecule has 0 aliphatic heterocycles. The molecule has 1 aromatic heterocycles. The van der Waals surface area contributed by atoms with E-state index in [0.29, 0.717) is 6.04 Å². The molecule has 0 atom stereocenters. The number of nitriles is 1. The van der Waals surface area contributed by atoms with Gasteiger partial charge in [-0.3, -0.25) is 0 Å². The molecule has 0 radical (unpaired) electrons. The van der Waals surface area contributed by atoms with Crippen molar-refractivity contribution >= 4 is 0 Å². The topological polar surface area (TPSA) is 64.5 Å². The molecule has 1 aliphatic carbocycles. The van der Waals surface area contributed by atoms with Crippen molar-refractivity contribution < 1.29 is 0 Å². The molecule has 0 unspecified atom stereocenters. The lowest BCUT2D eigenvalue weighted by molar-refractivity contribution is 0.227. The summed E-state index contributed by atoms with van der Waals surface area (Å²) in [5.74, 6) is 1.04. The molecule has 0 amide bonds. The Balaban J connectivity index is 1.43. The zero-order chi connectivity index (χ0) is 14.5. The van der Waals surface area contributed by atoms with Crippen molar-refractivity contribution in [2.75, 3.05) is 6.54 Å². The predicted octanol–water partition coefficient (Wildman–Crippen LogP) is 2.56. The standard InChI is InChI=1S/C17H20N4/c18-13-17(14-5-2-1-3-6-14)11-15(12-17)19-8-4-7-16-20-9-10-21-16/h1-3,5-6,9-10,15,19H,4,7-8,11-12H2,(H,20,21). The number of hydrogen-bond donors (Lipinski definition) is 2. The van der Waals surface area contributed by atoms with Gasteiger partial charge < -0.3 is 10.3 Å². The van der Waals surface area contributed by atoms with E-state index >= 15 is 0 Å². The molecule has 1 saturated carbocycles. The number of imidazole rings is 1. The van der Waals surface area contributed by atoms with Gasteiger partial charge in [0.1, 0.15) is 5.82 Å². The van der Waals surface area contributed by atoms with Gasteiger partial charge in [-0.15, -0.1) is 0 Å². The van der Waals surface area contributed by atoms with Crippen LogP contribution < -0.4 is 5.32 Å². The minimum atomic E-state index is -0.278. The van der Waals surface area contributed by atoms with E-state index in [9.17, 15) is 5.26 Å². The highest BCUT2D eigenvalue weighted by Crippen LogP contribution is 2.43. The van der Waals surface area contributed by atoms with Crippen LogP contribution in [0.5, 0.6) is 0 Å². The minimum absolute atomic E-state index is 0.278. The van der Waals surface area contributed by atoms with Crippen LogP contribution in [0, 0.1) is 11.3 Å². The molecule has 108 valence electrons. The SMILES string of the molecule is N#CC1(c2ccccc2)CC(NCCCc2ncc[nH]2)C1. The highest BCUT2D eigenvalue weighted by Gasteiger charge is 2.45. The second-order valence-electron chi connectivity index (χ2n) is 5.76. The Bertz CT molecular complexity index is 591. The Hall–Kier alpha value is -2.12. The number of rotatable bonds is 6. The van der Waals surface area contributed by atoms with E-state index < -0.39 is 0 Å². The molecule has 1 aliphatic rings. The molecule has 2 aromatic rings. The lowest BCUT2D eigenvalue weighted by Crippen LogP contribution is -2.51. The van der Waals surface area contributed by atoms with Crippen LogP contribution in [0.2, 0.25) is 0 Å². The van der Waals surface area contributed by atoms with E-state index in [1.54, 1.807) is 6.20 Å². The summed E-state index contributed by atoms with van der Waals surface area (Å²) in [5, 5.41) is 13.1. The molecular weight excluding hydrogens is 260 g/mol. The van der Waals surface area contributed by atoms with Gasteiger partial charge in [0.25, 0.3) is 0 Å². The van der Waals surface area contributed by atoms with Crippen molar-refractivity contribution in [2.45, 2.75) is 37.1 Å². The van der Waals surface area contributed by atoms with Crippen LogP contribution in [0.25, 0.3) is 0 Å². The Labute approximate surface area is 125 Å². The van der Waals surface area contributed by atoms with Crippen molar-refractivity contribution in [3.63, 3.8) is 0 Å². The van der Waals surface area contributed by atoms with Crippen LogP contribution >= 0.6 is 0 Å². The molecule has 4 nitrogen and oxygen atoms in total. The number of aryl methyl sites for hydroxylation is 1. The van der Waals surface area contributed by atoms with Crippen LogP contribution in [0.4, 0.5) is 0 Å². The summed E-state index contributed by atoms with van der Waals surface area (Å²) in [7, 11) is 0. The summed E-state index contributed by atoms with van der Waals surface area (Å²) in [4.78, 5) is 7.33. The number of aromatic amines is 1. The fraction of sp³-hybridized carbons (Fsp3) is 0.412. The maximum absolute atomic E-state index is 9.51. The monoisotopic (exact) mass is 280 g/mol. The summed E-state index contributed by atoms with van der Waals surface area (Å²) in [6.45, 7) is 0.974. The molecule has 0 saturated heterocycles.